The highest BCUT2D eigenvalue weighted by Crippen LogP contribution is 2.19. The molecule has 0 saturated heterocycles. The molecule has 0 unspecified atom stereocenters. The number of nitrogens with zero attached hydrogens (tertiary/aromatic N) is 1. The van der Waals surface area contributed by atoms with E-state index in [0.717, 1.165) is 0 Å². The molecule has 29 heavy (non-hydrogen) atoms. The zero-order chi connectivity index (χ0) is 21.8. The summed E-state index contributed by atoms with van der Waals surface area (Å²) in [7, 11) is 0. The van der Waals surface area contributed by atoms with Gasteiger partial charge in [-0.2, -0.15) is 4.99 Å². The topological polar surface area (TPSA) is 120 Å². The fraction of sp³-hybridized carbons (Fsp3) is 0.238. The van der Waals surface area contributed by atoms with Crippen LogP contribution in [0.15, 0.2) is 65.1 Å². The summed E-state index contributed by atoms with van der Waals surface area (Å²) in [6.45, 7) is 5.56. The number of hydrogen-bond donors (Lipinski definition) is 3. The molecule has 2 aromatic rings. The van der Waals surface area contributed by atoms with E-state index in [1.54, 1.807) is 31.2 Å². The van der Waals surface area contributed by atoms with Crippen LogP contribution in [-0.4, -0.2) is 23.5 Å². The number of benzene rings is 2. The van der Waals surface area contributed by atoms with Gasteiger partial charge in [0.05, 0.1) is 13.2 Å². The minimum Gasteiger partial charge on any atom is -0.461 e. The van der Waals surface area contributed by atoms with Gasteiger partial charge in [0.15, 0.2) is 5.70 Å². The van der Waals surface area contributed by atoms with Crippen LogP contribution in [-0.2, 0) is 16.1 Å². The lowest BCUT2D eigenvalue weighted by molar-refractivity contribution is -0.138. The Balaban J connectivity index is 0.00000204. The van der Waals surface area contributed by atoms with Crippen LogP contribution in [0.1, 0.15) is 31.9 Å². The molecule has 0 heterocycles. The van der Waals surface area contributed by atoms with E-state index in [9.17, 15) is 14.3 Å². The summed E-state index contributed by atoms with van der Waals surface area (Å²) in [6, 6.07) is 11.8. The van der Waals surface area contributed by atoms with E-state index in [1.165, 1.54) is 24.3 Å². The number of esters is 1. The number of ether oxygens (including phenoxy) is 2. The number of halogens is 1. The van der Waals surface area contributed by atoms with Gasteiger partial charge in [-0.3, -0.25) is 0 Å². The van der Waals surface area contributed by atoms with Crippen molar-refractivity contribution < 1.29 is 23.8 Å². The average molecular weight is 403 g/mol. The Morgan fingerprint density at radius 3 is 2.38 bits per heavy atom. The number of carbonyl (C=O) groups is 1. The van der Waals surface area contributed by atoms with Gasteiger partial charge < -0.3 is 26.0 Å². The lowest BCUT2D eigenvalue weighted by Crippen LogP contribution is -2.21. The fourth-order valence-electron chi connectivity index (χ4n) is 2.05. The molecule has 7 nitrogen and oxygen atoms in total. The van der Waals surface area contributed by atoms with Gasteiger partial charge in [-0.15, -0.1) is 0 Å². The lowest BCUT2D eigenvalue weighted by Gasteiger charge is -2.11. The summed E-state index contributed by atoms with van der Waals surface area (Å²) in [6.07, 6.45) is 0. The quantitative estimate of drug-likeness (QED) is 0.215. The van der Waals surface area contributed by atoms with Crippen molar-refractivity contribution in [2.45, 2.75) is 27.4 Å². The Hall–Kier alpha value is -3.39. The molecule has 0 amide bonds. The summed E-state index contributed by atoms with van der Waals surface area (Å²) < 4.78 is 23.5. The molecule has 5 N–H and O–H groups in total. The number of nitrogens with two attached hydrogens (primary N) is 2. The number of aliphatic imine (C=N–C) groups is 1. The molecule has 0 fully saturated rings. The van der Waals surface area contributed by atoms with Crippen molar-refractivity contribution in [3.63, 3.8) is 0 Å². The van der Waals surface area contributed by atoms with Crippen molar-refractivity contribution in [1.82, 2.24) is 0 Å². The summed E-state index contributed by atoms with van der Waals surface area (Å²) >= 11 is 0. The van der Waals surface area contributed by atoms with Crippen molar-refractivity contribution >= 4 is 11.8 Å². The average Bonchev–Trinajstić information content (AvgIpc) is 2.75. The second kappa shape index (κ2) is 12.1. The predicted octanol–water partition coefficient (Wildman–Crippen LogP) is 2.82. The maximum absolute atomic E-state index is 13.1. The first kappa shape index (κ1) is 23.6. The first-order valence-corrected chi connectivity index (χ1v) is 9.09. The molecule has 0 aliphatic heterocycles. The normalized spacial score (nSPS) is 11.7. The predicted molar refractivity (Wildman–Crippen MR) is 109 cm³/mol. The molecule has 0 aromatic heterocycles. The minimum absolute atomic E-state index is 0.0319. The van der Waals surface area contributed by atoms with Gasteiger partial charge in [0, 0.05) is 5.56 Å². The molecule has 156 valence electrons. The molecule has 0 aliphatic carbocycles. The third-order valence-corrected chi connectivity index (χ3v) is 3.38. The monoisotopic (exact) mass is 403 g/mol. The molecule has 2 rings (SSSR count). The highest BCUT2D eigenvalue weighted by atomic mass is 19.1. The molecule has 0 aliphatic rings. The van der Waals surface area contributed by atoms with E-state index < -0.39 is 11.8 Å². The maximum atomic E-state index is 13.1. The number of hydrogen-bond acceptors (Lipinski definition) is 6. The smallest absolute Gasteiger partial charge is 0.359 e. The van der Waals surface area contributed by atoms with Crippen LogP contribution < -0.4 is 16.2 Å². The number of amidine groups is 1. The molecule has 0 atom stereocenters. The Bertz CT molecular complexity index is 864. The zero-order valence-corrected chi connectivity index (χ0v) is 16.7. The van der Waals surface area contributed by atoms with E-state index in [1.807, 2.05) is 13.8 Å². The van der Waals surface area contributed by atoms with Gasteiger partial charge >= 0.3 is 5.97 Å². The second-order valence-electron chi connectivity index (χ2n) is 5.35. The zero-order valence-electron chi connectivity index (χ0n) is 16.7. The summed E-state index contributed by atoms with van der Waals surface area (Å²) in [5.74, 6) is -1.26. The second-order valence-corrected chi connectivity index (χ2v) is 5.35. The standard InChI is InChI=1S/C19H20FN3O4.C2H6/c1-2-26-19(25)16(21)18(27-15-5-3-4-12(10-15)11-24)23-17(22)13-6-8-14(20)9-7-13;1-2/h3-10,24H,2,11,21H2,1H3,(H2,22,23);1-2H3/b18-16+;. The molecular weight excluding hydrogens is 377 g/mol. The molecule has 2 aromatic carbocycles. The molecular formula is C21H26FN3O4. The third kappa shape index (κ3) is 7.27. The molecule has 0 saturated carbocycles. The van der Waals surface area contributed by atoms with E-state index in [4.69, 9.17) is 20.9 Å². The first-order valence-electron chi connectivity index (χ1n) is 9.09. The molecule has 0 bridgehead atoms. The number of aliphatic hydroxyl groups is 1. The SMILES string of the molecule is CC.CCOC(=O)/C(N)=C(/N=C(\N)c1ccc(F)cc1)Oc1cccc(CO)c1. The summed E-state index contributed by atoms with van der Waals surface area (Å²) in [4.78, 5) is 16.0. The first-order chi connectivity index (χ1) is 13.9. The number of rotatable bonds is 7. The van der Waals surface area contributed by atoms with Gasteiger partial charge in [0.1, 0.15) is 17.4 Å². The Morgan fingerprint density at radius 1 is 1.14 bits per heavy atom. The van der Waals surface area contributed by atoms with E-state index in [2.05, 4.69) is 4.99 Å². The van der Waals surface area contributed by atoms with Gasteiger partial charge in [0.25, 0.3) is 5.88 Å². The van der Waals surface area contributed by atoms with Gasteiger partial charge in [-0.25, -0.2) is 9.18 Å². The fourth-order valence-corrected chi connectivity index (χ4v) is 2.05. The van der Waals surface area contributed by atoms with Crippen molar-refractivity contribution in [2.24, 2.45) is 16.5 Å². The van der Waals surface area contributed by atoms with Crippen LogP contribution in [0.5, 0.6) is 5.75 Å². The Kier molecular flexibility index (Phi) is 9.90. The van der Waals surface area contributed by atoms with E-state index >= 15 is 0 Å². The number of aliphatic hydroxyl groups excluding tert-OH is 1. The number of carbonyl (C=O) groups excluding carboxylic acids is 1. The Morgan fingerprint density at radius 2 is 1.79 bits per heavy atom. The Labute approximate surface area is 169 Å². The molecule has 0 spiro atoms. The van der Waals surface area contributed by atoms with Crippen LogP contribution in [0.2, 0.25) is 0 Å². The third-order valence-electron chi connectivity index (χ3n) is 3.38. The van der Waals surface area contributed by atoms with Gasteiger partial charge in [-0.05, 0) is 48.9 Å². The van der Waals surface area contributed by atoms with E-state index in [-0.39, 0.29) is 30.6 Å². The van der Waals surface area contributed by atoms with Crippen molar-refractivity contribution in [1.29, 1.82) is 0 Å². The van der Waals surface area contributed by atoms with Crippen LogP contribution in [0, 0.1) is 5.82 Å². The highest BCUT2D eigenvalue weighted by molar-refractivity contribution is 5.98. The van der Waals surface area contributed by atoms with Crippen molar-refractivity contribution in [3.05, 3.63) is 77.1 Å². The van der Waals surface area contributed by atoms with Gasteiger partial charge in [-0.1, -0.05) is 26.0 Å². The largest absolute Gasteiger partial charge is 0.461 e. The van der Waals surface area contributed by atoms with Crippen LogP contribution >= 0.6 is 0 Å². The van der Waals surface area contributed by atoms with Gasteiger partial charge in [0.2, 0.25) is 0 Å². The maximum Gasteiger partial charge on any atom is 0.359 e. The lowest BCUT2D eigenvalue weighted by atomic mass is 10.2. The highest BCUT2D eigenvalue weighted by Gasteiger charge is 2.16. The van der Waals surface area contributed by atoms with Crippen LogP contribution in [0.4, 0.5) is 4.39 Å². The van der Waals surface area contributed by atoms with Crippen molar-refractivity contribution in [3.8, 4) is 5.75 Å². The van der Waals surface area contributed by atoms with Crippen LogP contribution in [0.25, 0.3) is 0 Å². The van der Waals surface area contributed by atoms with Crippen LogP contribution in [0.3, 0.4) is 0 Å². The minimum atomic E-state index is -0.818. The van der Waals surface area contributed by atoms with Crippen molar-refractivity contribution in [2.75, 3.05) is 6.61 Å². The molecule has 0 radical (unpaired) electrons. The summed E-state index contributed by atoms with van der Waals surface area (Å²) in [5.41, 5.74) is 12.4. The molecule has 8 heteroatoms. The van der Waals surface area contributed by atoms with E-state index in [0.29, 0.717) is 16.9 Å². The summed E-state index contributed by atoms with van der Waals surface area (Å²) in [5, 5.41) is 9.24.